The van der Waals surface area contributed by atoms with Gasteiger partial charge in [-0.15, -0.1) is 4.41 Å². The van der Waals surface area contributed by atoms with E-state index in [4.69, 9.17) is 9.84 Å². The summed E-state index contributed by atoms with van der Waals surface area (Å²) in [5, 5.41) is 10.4. The standard InChI is InChI=1S/C32H38N4O6S/c1-33(2)22-15-17-26-28(20-22)42-29-21-23(34(3)4)16-18-27(29)32(26)25-13-10-9-12-24(25)31(39)36(32)35(43(40)41)19-11-7-5-6-8-14-30(37)38/h9-10,12-13,15-18,20-21H,5-8,11,14,19H2,1-4H3,(H,37,38)(H,40,41). The number of nitrogens with zero attached hydrogens (tertiary/aromatic N) is 4. The molecular formula is C32H38N4O6S. The average Bonchev–Trinajstić information content (AvgIpc) is 3.22. The molecule has 5 rings (SSSR count). The lowest BCUT2D eigenvalue weighted by molar-refractivity contribution is -0.137. The van der Waals surface area contributed by atoms with Gasteiger partial charge in [0.25, 0.3) is 17.2 Å². The maximum atomic E-state index is 14.3. The Morgan fingerprint density at radius 1 is 0.837 bits per heavy atom. The summed E-state index contributed by atoms with van der Waals surface area (Å²) in [6.45, 7) is 0.153. The molecule has 3 aromatic rings. The van der Waals surface area contributed by atoms with E-state index in [2.05, 4.69) is 0 Å². The molecule has 0 bridgehead atoms. The minimum atomic E-state index is -2.52. The predicted octanol–water partition coefficient (Wildman–Crippen LogP) is 5.45. The summed E-state index contributed by atoms with van der Waals surface area (Å²) in [6, 6.07) is 19.0. The lowest BCUT2D eigenvalue weighted by Crippen LogP contribution is -2.56. The smallest absolute Gasteiger partial charge is 0.303 e. The lowest BCUT2D eigenvalue weighted by atomic mass is 9.75. The van der Waals surface area contributed by atoms with Crippen LogP contribution in [0.5, 0.6) is 11.5 Å². The Morgan fingerprint density at radius 3 is 1.95 bits per heavy atom. The maximum absolute atomic E-state index is 14.3. The first-order valence-corrected chi connectivity index (χ1v) is 15.5. The zero-order chi connectivity index (χ0) is 30.9. The number of rotatable bonds is 12. The van der Waals surface area contributed by atoms with Gasteiger partial charge in [0, 0.05) is 86.9 Å². The number of hydrogen-bond acceptors (Lipinski definition) is 6. The van der Waals surface area contributed by atoms with Crippen molar-refractivity contribution in [2.45, 2.75) is 44.1 Å². The summed E-state index contributed by atoms with van der Waals surface area (Å²) in [6.07, 6.45) is 3.54. The van der Waals surface area contributed by atoms with Gasteiger partial charge in [0.2, 0.25) is 0 Å². The molecule has 3 aromatic carbocycles. The fourth-order valence-electron chi connectivity index (χ4n) is 6.06. The van der Waals surface area contributed by atoms with E-state index in [1.807, 2.05) is 86.5 Å². The second-order valence-corrected chi connectivity index (χ2v) is 12.2. The Kier molecular flexibility index (Phi) is 8.77. The molecule has 1 spiro atoms. The van der Waals surface area contributed by atoms with E-state index >= 15 is 0 Å². The SMILES string of the molecule is CN(C)c1ccc2c(c1)Oc1cc(N(C)C)ccc1C21c2ccccc2C(=O)N1N(CCCCCCCC(=O)O)S(=O)O. The van der Waals surface area contributed by atoms with Crippen LogP contribution in [0.3, 0.4) is 0 Å². The van der Waals surface area contributed by atoms with Crippen molar-refractivity contribution < 1.29 is 28.2 Å². The second-order valence-electron chi connectivity index (χ2n) is 11.3. The van der Waals surface area contributed by atoms with Gasteiger partial charge in [0.15, 0.2) is 0 Å². The Labute approximate surface area is 254 Å². The number of hydrogen-bond donors (Lipinski definition) is 2. The highest BCUT2D eigenvalue weighted by atomic mass is 32.2. The summed E-state index contributed by atoms with van der Waals surface area (Å²) >= 11 is -2.52. The van der Waals surface area contributed by atoms with Crippen molar-refractivity contribution in [3.05, 3.63) is 82.9 Å². The fourth-order valence-corrected chi connectivity index (χ4v) is 6.68. The predicted molar refractivity (Wildman–Crippen MR) is 167 cm³/mol. The minimum Gasteiger partial charge on any atom is -0.481 e. The third kappa shape index (κ3) is 5.48. The highest BCUT2D eigenvalue weighted by Crippen LogP contribution is 2.58. The van der Waals surface area contributed by atoms with Crippen molar-refractivity contribution in [3.8, 4) is 11.5 Å². The Bertz CT molecular complexity index is 1500. The Hall–Kier alpha value is -3.93. The largest absolute Gasteiger partial charge is 0.481 e. The fraction of sp³-hybridized carbons (Fsp3) is 0.375. The van der Waals surface area contributed by atoms with Crippen LogP contribution in [0, 0.1) is 0 Å². The summed E-state index contributed by atoms with van der Waals surface area (Å²) < 4.78 is 31.6. The zero-order valence-corrected chi connectivity index (χ0v) is 25.8. The second kappa shape index (κ2) is 12.4. The lowest BCUT2D eigenvalue weighted by Gasteiger charge is -2.47. The van der Waals surface area contributed by atoms with Crippen LogP contribution in [0.2, 0.25) is 0 Å². The third-order valence-electron chi connectivity index (χ3n) is 8.16. The van der Waals surface area contributed by atoms with Gasteiger partial charge in [-0.1, -0.05) is 49.6 Å². The first-order valence-electron chi connectivity index (χ1n) is 14.4. The first kappa shape index (κ1) is 30.5. The van der Waals surface area contributed by atoms with Gasteiger partial charge < -0.3 is 19.6 Å². The van der Waals surface area contributed by atoms with E-state index in [1.165, 1.54) is 9.42 Å². The van der Waals surface area contributed by atoms with Crippen LogP contribution in [0.1, 0.15) is 65.6 Å². The number of carboxylic acid groups (broad SMARTS) is 1. The number of aliphatic carboxylic acids is 1. The molecule has 1 atom stereocenters. The quantitative estimate of drug-likeness (QED) is 0.207. The number of carboxylic acids is 1. The van der Waals surface area contributed by atoms with Gasteiger partial charge in [-0.3, -0.25) is 14.1 Å². The highest BCUT2D eigenvalue weighted by molar-refractivity contribution is 7.76. The van der Waals surface area contributed by atoms with E-state index < -0.39 is 22.8 Å². The van der Waals surface area contributed by atoms with Gasteiger partial charge in [-0.25, -0.2) is 9.22 Å². The molecule has 0 aromatic heterocycles. The molecule has 11 heteroatoms. The van der Waals surface area contributed by atoms with Gasteiger partial charge in [-0.05, 0) is 31.0 Å². The molecule has 0 radical (unpaired) electrons. The number of carbonyl (C=O) groups excluding carboxylic acids is 1. The van der Waals surface area contributed by atoms with E-state index in [0.717, 1.165) is 30.6 Å². The van der Waals surface area contributed by atoms with Gasteiger partial charge in [0.1, 0.15) is 17.0 Å². The Balaban J connectivity index is 1.65. The molecular weight excluding hydrogens is 568 g/mol. The molecule has 0 aliphatic carbocycles. The van der Waals surface area contributed by atoms with Crippen molar-refractivity contribution in [3.63, 3.8) is 0 Å². The van der Waals surface area contributed by atoms with E-state index in [9.17, 15) is 18.4 Å². The average molecular weight is 607 g/mol. The maximum Gasteiger partial charge on any atom is 0.303 e. The molecule has 2 N–H and O–H groups in total. The monoisotopic (exact) mass is 606 g/mol. The topological polar surface area (TPSA) is 114 Å². The van der Waals surface area contributed by atoms with Crippen LogP contribution in [0.4, 0.5) is 11.4 Å². The summed E-state index contributed by atoms with van der Waals surface area (Å²) in [4.78, 5) is 29.1. The van der Waals surface area contributed by atoms with Crippen molar-refractivity contribution >= 4 is 34.5 Å². The molecule has 1 amide bonds. The van der Waals surface area contributed by atoms with Crippen LogP contribution < -0.4 is 14.5 Å². The van der Waals surface area contributed by atoms with E-state index in [1.54, 1.807) is 12.1 Å². The van der Waals surface area contributed by atoms with E-state index in [0.29, 0.717) is 46.6 Å². The van der Waals surface area contributed by atoms with E-state index in [-0.39, 0.29) is 18.9 Å². The number of anilines is 2. The van der Waals surface area contributed by atoms with Crippen LogP contribution >= 0.6 is 0 Å². The molecule has 10 nitrogen and oxygen atoms in total. The third-order valence-corrected chi connectivity index (χ3v) is 8.87. The van der Waals surface area contributed by atoms with Gasteiger partial charge >= 0.3 is 5.97 Å². The minimum absolute atomic E-state index is 0.127. The highest BCUT2D eigenvalue weighted by Gasteiger charge is 2.59. The van der Waals surface area contributed by atoms with Crippen molar-refractivity contribution in [1.29, 1.82) is 0 Å². The molecule has 2 heterocycles. The molecule has 0 saturated carbocycles. The Morgan fingerprint density at radius 2 is 1.40 bits per heavy atom. The number of benzene rings is 3. The van der Waals surface area contributed by atoms with Gasteiger partial charge in [-0.2, -0.15) is 0 Å². The van der Waals surface area contributed by atoms with Crippen molar-refractivity contribution in [2.24, 2.45) is 0 Å². The molecule has 43 heavy (non-hydrogen) atoms. The molecule has 2 aliphatic rings. The normalized spacial score (nSPS) is 15.1. The number of carbonyl (C=O) groups is 2. The summed E-state index contributed by atoms with van der Waals surface area (Å²) in [7, 11) is 7.77. The molecule has 0 fully saturated rings. The molecule has 2 aliphatic heterocycles. The van der Waals surface area contributed by atoms with Crippen molar-refractivity contribution in [1.82, 2.24) is 9.42 Å². The first-order chi connectivity index (χ1) is 20.6. The number of fused-ring (bicyclic) bond motifs is 6. The van der Waals surface area contributed by atoms with Crippen molar-refractivity contribution in [2.75, 3.05) is 44.5 Å². The van der Waals surface area contributed by atoms with Crippen LogP contribution in [0.15, 0.2) is 60.7 Å². The summed E-state index contributed by atoms with van der Waals surface area (Å²) in [5.74, 6) is -0.0595. The van der Waals surface area contributed by atoms with Crippen LogP contribution in [-0.2, 0) is 21.6 Å². The molecule has 1 unspecified atom stereocenters. The number of unbranched alkanes of at least 4 members (excludes halogenated alkanes) is 4. The number of amides is 1. The molecule has 0 saturated heterocycles. The van der Waals surface area contributed by atoms with Crippen LogP contribution in [-0.4, -0.2) is 69.9 Å². The zero-order valence-electron chi connectivity index (χ0n) is 24.9. The van der Waals surface area contributed by atoms with Crippen LogP contribution in [0.25, 0.3) is 0 Å². The molecule has 228 valence electrons. The number of ether oxygens (including phenoxy) is 1. The summed E-state index contributed by atoms with van der Waals surface area (Å²) in [5.41, 5.74) is 3.14. The van der Waals surface area contributed by atoms with Gasteiger partial charge in [0.05, 0.1) is 0 Å². The number of hydrazine groups is 1.